The highest BCUT2D eigenvalue weighted by Gasteiger charge is 2.02. The number of carbonyl (C=O) groups excluding carboxylic acids is 1. The van der Waals surface area contributed by atoms with E-state index in [-0.39, 0.29) is 11.7 Å². The SMILES string of the molecule is Cc1ccc(C(=O)N/N=C\c2ccccc2O)cc1. The van der Waals surface area contributed by atoms with Crippen molar-refractivity contribution in [3.63, 3.8) is 0 Å². The molecule has 0 atom stereocenters. The van der Waals surface area contributed by atoms with E-state index in [4.69, 9.17) is 0 Å². The Labute approximate surface area is 111 Å². The number of hydrazone groups is 1. The van der Waals surface area contributed by atoms with Crippen molar-refractivity contribution in [2.75, 3.05) is 0 Å². The summed E-state index contributed by atoms with van der Waals surface area (Å²) < 4.78 is 0. The molecule has 0 unspecified atom stereocenters. The van der Waals surface area contributed by atoms with Gasteiger partial charge in [0.2, 0.25) is 0 Å². The van der Waals surface area contributed by atoms with Gasteiger partial charge in [-0.25, -0.2) is 5.43 Å². The number of rotatable bonds is 3. The third-order valence-corrected chi connectivity index (χ3v) is 2.62. The monoisotopic (exact) mass is 254 g/mol. The Balaban J connectivity index is 2.01. The van der Waals surface area contributed by atoms with Gasteiger partial charge >= 0.3 is 0 Å². The van der Waals surface area contributed by atoms with Gasteiger partial charge in [0.05, 0.1) is 6.21 Å². The van der Waals surface area contributed by atoms with E-state index in [1.807, 2.05) is 19.1 Å². The van der Waals surface area contributed by atoms with Gasteiger partial charge in [-0.3, -0.25) is 4.79 Å². The number of carbonyl (C=O) groups is 1. The first-order chi connectivity index (χ1) is 9.16. The molecule has 0 fully saturated rings. The Morgan fingerprint density at radius 1 is 1.16 bits per heavy atom. The summed E-state index contributed by atoms with van der Waals surface area (Å²) in [5, 5.41) is 13.3. The van der Waals surface area contributed by atoms with Gasteiger partial charge in [-0.05, 0) is 31.2 Å². The molecule has 0 bridgehead atoms. The summed E-state index contributed by atoms with van der Waals surface area (Å²) in [6.45, 7) is 1.96. The van der Waals surface area contributed by atoms with Crippen molar-refractivity contribution < 1.29 is 9.90 Å². The van der Waals surface area contributed by atoms with Gasteiger partial charge in [0.1, 0.15) is 5.75 Å². The Bertz CT molecular complexity index is 604. The molecule has 4 nitrogen and oxygen atoms in total. The zero-order valence-corrected chi connectivity index (χ0v) is 10.5. The van der Waals surface area contributed by atoms with Gasteiger partial charge in [-0.2, -0.15) is 5.10 Å². The normalized spacial score (nSPS) is 10.6. The van der Waals surface area contributed by atoms with Crippen molar-refractivity contribution in [1.29, 1.82) is 0 Å². The van der Waals surface area contributed by atoms with Crippen molar-refractivity contribution in [3.05, 3.63) is 65.2 Å². The van der Waals surface area contributed by atoms with E-state index in [0.29, 0.717) is 11.1 Å². The van der Waals surface area contributed by atoms with E-state index in [0.717, 1.165) is 5.56 Å². The zero-order chi connectivity index (χ0) is 13.7. The van der Waals surface area contributed by atoms with Gasteiger partial charge in [0, 0.05) is 11.1 Å². The van der Waals surface area contributed by atoms with Crippen molar-refractivity contribution in [2.24, 2.45) is 5.10 Å². The topological polar surface area (TPSA) is 61.7 Å². The van der Waals surface area contributed by atoms with Crippen LogP contribution >= 0.6 is 0 Å². The van der Waals surface area contributed by atoms with Crippen LogP contribution in [0.5, 0.6) is 5.75 Å². The molecule has 2 N–H and O–H groups in total. The van der Waals surface area contributed by atoms with Crippen molar-refractivity contribution in [3.8, 4) is 5.75 Å². The van der Waals surface area contributed by atoms with Crippen molar-refractivity contribution in [1.82, 2.24) is 5.43 Å². The number of aromatic hydroxyl groups is 1. The molecule has 0 heterocycles. The van der Waals surface area contributed by atoms with Crippen LogP contribution in [-0.4, -0.2) is 17.2 Å². The molecule has 0 aliphatic rings. The van der Waals surface area contributed by atoms with Gasteiger partial charge in [0.15, 0.2) is 0 Å². The zero-order valence-electron chi connectivity index (χ0n) is 10.5. The second-order valence-electron chi connectivity index (χ2n) is 4.12. The minimum absolute atomic E-state index is 0.121. The second-order valence-corrected chi connectivity index (χ2v) is 4.12. The minimum Gasteiger partial charge on any atom is -0.507 e. The third kappa shape index (κ3) is 3.42. The van der Waals surface area contributed by atoms with E-state index in [9.17, 15) is 9.90 Å². The third-order valence-electron chi connectivity index (χ3n) is 2.62. The largest absolute Gasteiger partial charge is 0.507 e. The molecule has 96 valence electrons. The first-order valence-corrected chi connectivity index (χ1v) is 5.85. The van der Waals surface area contributed by atoms with Crippen LogP contribution < -0.4 is 5.43 Å². The average Bonchev–Trinajstić information content (AvgIpc) is 2.41. The lowest BCUT2D eigenvalue weighted by atomic mass is 10.1. The van der Waals surface area contributed by atoms with Crippen molar-refractivity contribution >= 4 is 12.1 Å². The summed E-state index contributed by atoms with van der Waals surface area (Å²) in [4.78, 5) is 11.7. The summed E-state index contributed by atoms with van der Waals surface area (Å²) in [5.74, 6) is -0.164. The number of nitrogens with one attached hydrogen (secondary N) is 1. The first kappa shape index (κ1) is 12.8. The van der Waals surface area contributed by atoms with Crippen LogP contribution in [0.25, 0.3) is 0 Å². The average molecular weight is 254 g/mol. The fourth-order valence-electron chi connectivity index (χ4n) is 1.53. The fraction of sp³-hybridized carbons (Fsp3) is 0.0667. The Morgan fingerprint density at radius 3 is 2.53 bits per heavy atom. The molecule has 1 amide bonds. The number of hydrogen-bond acceptors (Lipinski definition) is 3. The van der Waals surface area contributed by atoms with Crippen LogP contribution in [0, 0.1) is 6.92 Å². The number of aryl methyl sites for hydroxylation is 1. The number of phenolic OH excluding ortho intramolecular Hbond substituents is 1. The van der Waals surface area contributed by atoms with E-state index >= 15 is 0 Å². The maximum absolute atomic E-state index is 11.7. The number of benzene rings is 2. The van der Waals surface area contributed by atoms with Crippen molar-refractivity contribution in [2.45, 2.75) is 6.92 Å². The van der Waals surface area contributed by atoms with Crippen LogP contribution in [0.15, 0.2) is 53.6 Å². The molecule has 2 rings (SSSR count). The van der Waals surface area contributed by atoms with Gasteiger partial charge in [0.25, 0.3) is 5.91 Å². The molecule has 19 heavy (non-hydrogen) atoms. The van der Waals surface area contributed by atoms with Gasteiger partial charge in [-0.15, -0.1) is 0 Å². The highest BCUT2D eigenvalue weighted by molar-refractivity contribution is 5.95. The molecule has 0 radical (unpaired) electrons. The lowest BCUT2D eigenvalue weighted by molar-refractivity contribution is 0.0955. The van der Waals surface area contributed by atoms with Crippen LogP contribution in [-0.2, 0) is 0 Å². The maximum atomic E-state index is 11.7. The molecule has 0 aliphatic carbocycles. The molecule has 4 heteroatoms. The number of hydrogen-bond donors (Lipinski definition) is 2. The van der Waals surface area contributed by atoms with Crippen LogP contribution in [0.1, 0.15) is 21.5 Å². The highest BCUT2D eigenvalue weighted by atomic mass is 16.3. The Hall–Kier alpha value is -2.62. The predicted octanol–water partition coefficient (Wildman–Crippen LogP) is 2.46. The molecule has 0 spiro atoms. The summed E-state index contributed by atoms with van der Waals surface area (Å²) in [6.07, 6.45) is 1.40. The molecule has 0 saturated carbocycles. The standard InChI is InChI=1S/C15H14N2O2/c1-11-6-8-12(9-7-11)15(19)17-16-10-13-4-2-3-5-14(13)18/h2-10,18H,1H3,(H,17,19)/b16-10-. The van der Waals surface area contributed by atoms with E-state index in [2.05, 4.69) is 10.5 Å². The predicted molar refractivity (Wildman–Crippen MR) is 74.3 cm³/mol. The molecule has 0 aliphatic heterocycles. The quantitative estimate of drug-likeness (QED) is 0.653. The van der Waals surface area contributed by atoms with Crippen LogP contribution in [0.2, 0.25) is 0 Å². The lowest BCUT2D eigenvalue weighted by Gasteiger charge is -2.00. The van der Waals surface area contributed by atoms with Crippen LogP contribution in [0.3, 0.4) is 0 Å². The molecule has 2 aromatic rings. The summed E-state index contributed by atoms with van der Waals surface area (Å²) >= 11 is 0. The number of phenols is 1. The Kier molecular flexibility index (Phi) is 3.93. The summed E-state index contributed by atoms with van der Waals surface area (Å²) in [5.41, 5.74) is 4.59. The van der Waals surface area contributed by atoms with Crippen LogP contribution in [0.4, 0.5) is 0 Å². The highest BCUT2D eigenvalue weighted by Crippen LogP contribution is 2.12. The molecule has 0 saturated heterocycles. The second kappa shape index (κ2) is 5.82. The molecule has 0 aromatic heterocycles. The van der Waals surface area contributed by atoms with E-state index in [1.54, 1.807) is 36.4 Å². The summed E-state index contributed by atoms with van der Waals surface area (Å²) in [7, 11) is 0. The van der Waals surface area contributed by atoms with Gasteiger partial charge < -0.3 is 5.11 Å². The lowest BCUT2D eigenvalue weighted by Crippen LogP contribution is -2.17. The summed E-state index contributed by atoms with van der Waals surface area (Å²) in [6, 6.07) is 14.0. The smallest absolute Gasteiger partial charge is 0.271 e. The Morgan fingerprint density at radius 2 is 1.84 bits per heavy atom. The molecular formula is C15H14N2O2. The minimum atomic E-state index is -0.285. The van der Waals surface area contributed by atoms with E-state index < -0.39 is 0 Å². The molecular weight excluding hydrogens is 240 g/mol. The fourth-order valence-corrected chi connectivity index (χ4v) is 1.53. The maximum Gasteiger partial charge on any atom is 0.271 e. The number of para-hydroxylation sites is 1. The first-order valence-electron chi connectivity index (χ1n) is 5.85. The molecule has 2 aromatic carbocycles. The van der Waals surface area contributed by atoms with E-state index in [1.165, 1.54) is 6.21 Å². The number of amides is 1. The van der Waals surface area contributed by atoms with Gasteiger partial charge in [-0.1, -0.05) is 29.8 Å². The number of nitrogens with zero attached hydrogens (tertiary/aromatic N) is 1.